The molecule has 0 unspecified atom stereocenters. The molecule has 3 heterocycles. The number of hydrogen-bond acceptors (Lipinski definition) is 4. The molecule has 0 aromatic carbocycles. The number of pyridine rings is 1. The highest BCUT2D eigenvalue weighted by Crippen LogP contribution is 2.19. The van der Waals surface area contributed by atoms with Crippen LogP contribution in [0.15, 0.2) is 18.3 Å². The van der Waals surface area contributed by atoms with Gasteiger partial charge in [-0.25, -0.2) is 4.98 Å². The number of anilines is 1. The minimum Gasteiger partial charge on any atom is -0.357 e. The van der Waals surface area contributed by atoms with E-state index in [-0.39, 0.29) is 5.91 Å². The predicted molar refractivity (Wildman–Crippen MR) is 92.9 cm³/mol. The van der Waals surface area contributed by atoms with E-state index in [0.717, 1.165) is 44.8 Å². The topological polar surface area (TPSA) is 48.5 Å². The van der Waals surface area contributed by atoms with Crippen molar-refractivity contribution in [3.8, 4) is 0 Å². The van der Waals surface area contributed by atoms with Crippen molar-refractivity contribution in [1.29, 1.82) is 0 Å². The third-order valence-electron chi connectivity index (χ3n) is 5.10. The molecule has 2 fully saturated rings. The predicted octanol–water partition coefficient (Wildman–Crippen LogP) is 2.29. The molecule has 0 spiro atoms. The molecule has 23 heavy (non-hydrogen) atoms. The van der Waals surface area contributed by atoms with Crippen LogP contribution in [0.1, 0.15) is 48.9 Å². The molecule has 1 aromatic heterocycles. The first-order chi connectivity index (χ1) is 11.3. The van der Waals surface area contributed by atoms with Gasteiger partial charge in [0, 0.05) is 32.4 Å². The molecule has 2 aliphatic heterocycles. The van der Waals surface area contributed by atoms with Gasteiger partial charge in [-0.15, -0.1) is 0 Å². The first-order valence-electron chi connectivity index (χ1n) is 8.94. The Hall–Kier alpha value is -1.62. The van der Waals surface area contributed by atoms with Crippen molar-refractivity contribution < 1.29 is 4.79 Å². The lowest BCUT2D eigenvalue weighted by atomic mass is 10.0. The van der Waals surface area contributed by atoms with Crippen LogP contribution in [-0.2, 0) is 0 Å². The maximum atomic E-state index is 12.6. The molecular formula is C18H28N4O. The minimum absolute atomic E-state index is 0.0896. The highest BCUT2D eigenvalue weighted by atomic mass is 16.2. The molecule has 0 bridgehead atoms. The van der Waals surface area contributed by atoms with Crippen molar-refractivity contribution in [3.63, 3.8) is 0 Å². The first kappa shape index (κ1) is 16.2. The number of piperidine rings is 1. The van der Waals surface area contributed by atoms with Gasteiger partial charge in [0.1, 0.15) is 5.82 Å². The summed E-state index contributed by atoms with van der Waals surface area (Å²) in [5.74, 6) is 1.10. The second-order valence-electron chi connectivity index (χ2n) is 6.70. The molecule has 5 heteroatoms. The summed E-state index contributed by atoms with van der Waals surface area (Å²) in [6.45, 7) is 4.15. The van der Waals surface area contributed by atoms with Crippen molar-refractivity contribution in [2.75, 3.05) is 38.1 Å². The number of amides is 1. The van der Waals surface area contributed by atoms with Gasteiger partial charge >= 0.3 is 0 Å². The third-order valence-corrected chi connectivity index (χ3v) is 5.10. The number of carbonyl (C=O) groups excluding carboxylic acids is 1. The second-order valence-corrected chi connectivity index (χ2v) is 6.70. The molecule has 2 aliphatic rings. The Balaban J connectivity index is 1.64. The molecule has 126 valence electrons. The van der Waals surface area contributed by atoms with E-state index < -0.39 is 0 Å². The molecule has 0 aliphatic carbocycles. The van der Waals surface area contributed by atoms with Crippen molar-refractivity contribution in [2.24, 2.45) is 0 Å². The number of hydrogen-bond donors (Lipinski definition) is 1. The average Bonchev–Trinajstić information content (AvgIpc) is 2.91. The van der Waals surface area contributed by atoms with Gasteiger partial charge in [0.05, 0.1) is 5.56 Å². The fourth-order valence-corrected chi connectivity index (χ4v) is 3.56. The van der Waals surface area contributed by atoms with E-state index in [1.165, 1.54) is 25.7 Å². The van der Waals surface area contributed by atoms with Gasteiger partial charge in [-0.3, -0.25) is 4.79 Å². The van der Waals surface area contributed by atoms with Crippen LogP contribution in [0, 0.1) is 0 Å². The second kappa shape index (κ2) is 7.77. The standard InChI is InChI=1S/C18H28N4O/c1-21(16-8-10-19-11-9-16)18(23)15-6-7-17(20-14-15)22-12-4-2-3-5-13-22/h6-7,14,16,19H,2-5,8-13H2,1H3. The van der Waals surface area contributed by atoms with Crippen LogP contribution in [-0.4, -0.2) is 55.1 Å². The van der Waals surface area contributed by atoms with E-state index >= 15 is 0 Å². The van der Waals surface area contributed by atoms with Crippen LogP contribution >= 0.6 is 0 Å². The smallest absolute Gasteiger partial charge is 0.255 e. The van der Waals surface area contributed by atoms with E-state index in [1.807, 2.05) is 24.1 Å². The minimum atomic E-state index is 0.0896. The van der Waals surface area contributed by atoms with Gasteiger partial charge in [0.2, 0.25) is 0 Å². The zero-order valence-electron chi connectivity index (χ0n) is 14.1. The number of nitrogens with zero attached hydrogens (tertiary/aromatic N) is 3. The summed E-state index contributed by atoms with van der Waals surface area (Å²) in [4.78, 5) is 21.4. The lowest BCUT2D eigenvalue weighted by Crippen LogP contribution is -2.44. The summed E-state index contributed by atoms with van der Waals surface area (Å²) in [6, 6.07) is 4.29. The van der Waals surface area contributed by atoms with Crippen LogP contribution in [0.3, 0.4) is 0 Å². The maximum absolute atomic E-state index is 12.6. The lowest BCUT2D eigenvalue weighted by Gasteiger charge is -2.31. The summed E-state index contributed by atoms with van der Waals surface area (Å²) < 4.78 is 0. The lowest BCUT2D eigenvalue weighted by molar-refractivity contribution is 0.0703. The summed E-state index contributed by atoms with van der Waals surface area (Å²) in [5, 5.41) is 3.34. The summed E-state index contributed by atoms with van der Waals surface area (Å²) in [5.41, 5.74) is 0.699. The van der Waals surface area contributed by atoms with Crippen LogP contribution in [0.5, 0.6) is 0 Å². The summed E-state index contributed by atoms with van der Waals surface area (Å²) in [6.07, 6.45) is 8.91. The van der Waals surface area contributed by atoms with Crippen molar-refractivity contribution in [2.45, 2.75) is 44.6 Å². The summed E-state index contributed by atoms with van der Waals surface area (Å²) in [7, 11) is 1.92. The normalized spacial score (nSPS) is 20.1. The fourth-order valence-electron chi connectivity index (χ4n) is 3.56. The van der Waals surface area contributed by atoms with Crippen LogP contribution in [0.25, 0.3) is 0 Å². The highest BCUT2D eigenvalue weighted by molar-refractivity contribution is 5.94. The quantitative estimate of drug-likeness (QED) is 0.929. The molecule has 2 saturated heterocycles. The molecule has 0 saturated carbocycles. The fraction of sp³-hybridized carbons (Fsp3) is 0.667. The van der Waals surface area contributed by atoms with Crippen LogP contribution in [0.2, 0.25) is 0 Å². The zero-order valence-corrected chi connectivity index (χ0v) is 14.1. The Kier molecular flexibility index (Phi) is 5.49. The SMILES string of the molecule is CN(C(=O)c1ccc(N2CCCCCC2)nc1)C1CCNCC1. The average molecular weight is 316 g/mol. The Bertz CT molecular complexity index is 502. The highest BCUT2D eigenvalue weighted by Gasteiger charge is 2.23. The van der Waals surface area contributed by atoms with E-state index in [2.05, 4.69) is 15.2 Å². The van der Waals surface area contributed by atoms with Crippen molar-refractivity contribution in [3.05, 3.63) is 23.9 Å². The van der Waals surface area contributed by atoms with E-state index in [1.54, 1.807) is 6.20 Å². The summed E-state index contributed by atoms with van der Waals surface area (Å²) >= 11 is 0. The van der Waals surface area contributed by atoms with Crippen LogP contribution in [0.4, 0.5) is 5.82 Å². The molecule has 1 aromatic rings. The number of rotatable bonds is 3. The van der Waals surface area contributed by atoms with Gasteiger partial charge < -0.3 is 15.1 Å². The third kappa shape index (κ3) is 4.02. The van der Waals surface area contributed by atoms with Crippen molar-refractivity contribution >= 4 is 11.7 Å². The molecule has 3 rings (SSSR count). The molecular weight excluding hydrogens is 288 g/mol. The molecule has 1 amide bonds. The largest absolute Gasteiger partial charge is 0.357 e. The van der Waals surface area contributed by atoms with Gasteiger partial charge in [-0.1, -0.05) is 12.8 Å². The molecule has 1 N–H and O–H groups in total. The van der Waals surface area contributed by atoms with Gasteiger partial charge in [-0.05, 0) is 50.9 Å². The van der Waals surface area contributed by atoms with Crippen molar-refractivity contribution in [1.82, 2.24) is 15.2 Å². The Morgan fingerprint density at radius 2 is 1.87 bits per heavy atom. The number of nitrogens with one attached hydrogen (secondary N) is 1. The van der Waals surface area contributed by atoms with E-state index in [4.69, 9.17) is 0 Å². The first-order valence-corrected chi connectivity index (χ1v) is 8.94. The van der Waals surface area contributed by atoms with E-state index in [9.17, 15) is 4.79 Å². The van der Waals surface area contributed by atoms with Gasteiger partial charge in [-0.2, -0.15) is 0 Å². The molecule has 0 atom stereocenters. The Morgan fingerprint density at radius 3 is 2.48 bits per heavy atom. The van der Waals surface area contributed by atoms with Gasteiger partial charge in [0.15, 0.2) is 0 Å². The molecule has 0 radical (unpaired) electrons. The van der Waals surface area contributed by atoms with Gasteiger partial charge in [0.25, 0.3) is 5.91 Å². The van der Waals surface area contributed by atoms with Crippen LogP contribution < -0.4 is 10.2 Å². The molecule has 5 nitrogen and oxygen atoms in total. The Morgan fingerprint density at radius 1 is 1.17 bits per heavy atom. The number of aromatic nitrogens is 1. The zero-order chi connectivity index (χ0) is 16.1. The van der Waals surface area contributed by atoms with E-state index in [0.29, 0.717) is 11.6 Å². The monoisotopic (exact) mass is 316 g/mol. The maximum Gasteiger partial charge on any atom is 0.255 e. The number of carbonyl (C=O) groups is 1. The Labute approximate surface area is 139 Å².